The van der Waals surface area contributed by atoms with Crippen LogP contribution in [0.15, 0.2) is 65.7 Å². The highest BCUT2D eigenvalue weighted by Gasteiger charge is 2.43. The van der Waals surface area contributed by atoms with Gasteiger partial charge in [0.15, 0.2) is 5.69 Å². The number of carbonyl (C=O) groups is 2. The molecule has 1 saturated carbocycles. The third kappa shape index (κ3) is 5.50. The average Bonchev–Trinajstić information content (AvgIpc) is 3.60. The maximum Gasteiger partial charge on any atom is 0.407 e. The van der Waals surface area contributed by atoms with E-state index >= 15 is 0 Å². The van der Waals surface area contributed by atoms with Crippen LogP contribution in [0.5, 0.6) is 0 Å². The molecule has 3 N–H and O–H groups in total. The molecule has 0 bridgehead atoms. The van der Waals surface area contributed by atoms with Crippen molar-refractivity contribution >= 4 is 23.0 Å². The number of benzene rings is 2. The SMILES string of the molecule is COC[C@]1(O)CCCC[C@H]1n1cnc(C(=O)N2CCN(C(=O)O)C[C@H]2CCn2c(=O)[nH]c3ccccc32)c1-c1ccccc1. The number of para-hydroxylation sites is 2. The highest BCUT2D eigenvalue weighted by Crippen LogP contribution is 2.41. The molecular weight excluding hydrogens is 564 g/mol. The fourth-order valence-corrected chi connectivity index (χ4v) is 6.94. The van der Waals surface area contributed by atoms with E-state index in [1.807, 2.05) is 59.2 Å². The van der Waals surface area contributed by atoms with Gasteiger partial charge in [0.2, 0.25) is 0 Å². The van der Waals surface area contributed by atoms with Crippen molar-refractivity contribution in [2.75, 3.05) is 33.4 Å². The van der Waals surface area contributed by atoms with Crippen LogP contribution in [0.4, 0.5) is 4.79 Å². The molecule has 12 heteroatoms. The lowest BCUT2D eigenvalue weighted by atomic mass is 9.80. The van der Waals surface area contributed by atoms with E-state index in [0.29, 0.717) is 31.5 Å². The highest BCUT2D eigenvalue weighted by molar-refractivity contribution is 5.98. The normalized spacial score (nSPS) is 22.4. The molecular formula is C32H38N6O6. The lowest BCUT2D eigenvalue weighted by molar-refractivity contribution is -0.0893. The second-order valence-corrected chi connectivity index (χ2v) is 11.8. The van der Waals surface area contributed by atoms with Crippen LogP contribution in [0.2, 0.25) is 0 Å². The molecule has 44 heavy (non-hydrogen) atoms. The van der Waals surface area contributed by atoms with E-state index in [4.69, 9.17) is 4.74 Å². The zero-order chi connectivity index (χ0) is 30.8. The van der Waals surface area contributed by atoms with E-state index in [0.717, 1.165) is 29.4 Å². The number of rotatable bonds is 8. The Morgan fingerprint density at radius 2 is 1.86 bits per heavy atom. The van der Waals surface area contributed by atoms with Gasteiger partial charge in [0.25, 0.3) is 5.91 Å². The van der Waals surface area contributed by atoms with Gasteiger partial charge in [-0.3, -0.25) is 9.36 Å². The molecule has 3 atom stereocenters. The van der Waals surface area contributed by atoms with Gasteiger partial charge in [-0.05, 0) is 31.4 Å². The topological polar surface area (TPSA) is 146 Å². The Morgan fingerprint density at radius 1 is 1.09 bits per heavy atom. The quantitative estimate of drug-likeness (QED) is 0.279. The predicted octanol–water partition coefficient (Wildman–Crippen LogP) is 3.58. The molecule has 12 nitrogen and oxygen atoms in total. The number of imidazole rings is 2. The van der Waals surface area contributed by atoms with E-state index in [9.17, 15) is 24.6 Å². The van der Waals surface area contributed by atoms with Gasteiger partial charge in [-0.1, -0.05) is 55.3 Å². The summed E-state index contributed by atoms with van der Waals surface area (Å²) in [4.78, 5) is 49.7. The number of methoxy groups -OCH3 is 1. The number of hydrogen-bond donors (Lipinski definition) is 3. The Balaban J connectivity index is 1.36. The summed E-state index contributed by atoms with van der Waals surface area (Å²) in [6, 6.07) is 16.1. The van der Waals surface area contributed by atoms with E-state index in [1.165, 1.54) is 4.90 Å². The number of amides is 2. The van der Waals surface area contributed by atoms with Gasteiger partial charge in [-0.15, -0.1) is 0 Å². The Bertz CT molecular complexity index is 1690. The van der Waals surface area contributed by atoms with E-state index in [2.05, 4.69) is 9.97 Å². The van der Waals surface area contributed by atoms with Crippen molar-refractivity contribution in [3.8, 4) is 11.3 Å². The van der Waals surface area contributed by atoms with Crippen LogP contribution >= 0.6 is 0 Å². The summed E-state index contributed by atoms with van der Waals surface area (Å²) in [5.74, 6) is -0.310. The van der Waals surface area contributed by atoms with Gasteiger partial charge < -0.3 is 34.3 Å². The number of aromatic nitrogens is 4. The van der Waals surface area contributed by atoms with Gasteiger partial charge in [-0.2, -0.15) is 0 Å². The van der Waals surface area contributed by atoms with Gasteiger partial charge in [-0.25, -0.2) is 14.6 Å². The lowest BCUT2D eigenvalue weighted by Gasteiger charge is -2.41. The summed E-state index contributed by atoms with van der Waals surface area (Å²) in [6.07, 6.45) is 4.06. The minimum absolute atomic E-state index is 0.121. The third-order valence-electron chi connectivity index (χ3n) is 9.11. The largest absolute Gasteiger partial charge is 0.465 e. The van der Waals surface area contributed by atoms with Crippen molar-refractivity contribution in [2.24, 2.45) is 0 Å². The van der Waals surface area contributed by atoms with Crippen molar-refractivity contribution in [1.29, 1.82) is 0 Å². The average molecular weight is 603 g/mol. The summed E-state index contributed by atoms with van der Waals surface area (Å²) < 4.78 is 8.98. The van der Waals surface area contributed by atoms with E-state index in [1.54, 1.807) is 22.9 Å². The number of aryl methyl sites for hydroxylation is 1. The number of fused-ring (bicyclic) bond motifs is 1. The van der Waals surface area contributed by atoms with Crippen LogP contribution in [0.3, 0.4) is 0 Å². The minimum atomic E-state index is -1.11. The maximum absolute atomic E-state index is 14.4. The van der Waals surface area contributed by atoms with Crippen molar-refractivity contribution < 1.29 is 24.5 Å². The standard InChI is InChI=1S/C32H38N6O6/c1-44-20-32(43)15-8-7-13-26(32)38-21-33-27(28(38)22-9-3-2-4-10-22)29(39)36-18-17-35(31(41)42)19-23(36)14-16-37-25-12-6-5-11-24(25)34-30(37)40/h2-6,9-12,21,23,26,43H,7-8,13-20H2,1H3,(H,34,40)(H,41,42)/t23-,26-,32-/m1/s1. The molecule has 0 spiro atoms. The molecule has 1 aliphatic carbocycles. The van der Waals surface area contributed by atoms with Gasteiger partial charge in [0.05, 0.1) is 41.7 Å². The molecule has 1 aliphatic heterocycles. The number of aromatic amines is 1. The fraction of sp³-hybridized carbons (Fsp3) is 0.438. The molecule has 0 unspecified atom stereocenters. The monoisotopic (exact) mass is 602 g/mol. The number of ether oxygens (including phenoxy) is 1. The number of piperazine rings is 1. The molecule has 6 rings (SSSR count). The first-order valence-electron chi connectivity index (χ1n) is 15.1. The number of nitrogens with zero attached hydrogens (tertiary/aromatic N) is 5. The second-order valence-electron chi connectivity index (χ2n) is 11.8. The van der Waals surface area contributed by atoms with Gasteiger partial charge >= 0.3 is 11.8 Å². The number of aliphatic hydroxyl groups is 1. The Morgan fingerprint density at radius 3 is 2.64 bits per heavy atom. The van der Waals surface area contributed by atoms with Crippen molar-refractivity contribution in [3.63, 3.8) is 0 Å². The van der Waals surface area contributed by atoms with Crippen molar-refractivity contribution in [3.05, 3.63) is 77.1 Å². The molecule has 4 aromatic rings. The molecule has 2 aliphatic rings. The molecule has 232 valence electrons. The number of hydrogen-bond acceptors (Lipinski definition) is 6. The van der Waals surface area contributed by atoms with Gasteiger partial charge in [0, 0.05) is 38.9 Å². The van der Waals surface area contributed by atoms with Crippen LogP contribution in [0.1, 0.15) is 48.6 Å². The summed E-state index contributed by atoms with van der Waals surface area (Å²) in [5.41, 5.74) is 1.77. The number of carboxylic acid groups (broad SMARTS) is 1. The predicted molar refractivity (Wildman–Crippen MR) is 164 cm³/mol. The molecule has 2 amide bonds. The highest BCUT2D eigenvalue weighted by atomic mass is 16.5. The molecule has 0 radical (unpaired) electrons. The Labute approximate surface area is 254 Å². The van der Waals surface area contributed by atoms with Crippen LogP contribution in [-0.4, -0.2) is 96.1 Å². The van der Waals surface area contributed by atoms with Crippen molar-refractivity contribution in [1.82, 2.24) is 28.9 Å². The summed E-state index contributed by atoms with van der Waals surface area (Å²) in [5, 5.41) is 21.5. The van der Waals surface area contributed by atoms with Gasteiger partial charge in [0.1, 0.15) is 5.60 Å². The number of nitrogens with one attached hydrogen (secondary N) is 1. The Kier molecular flexibility index (Phi) is 8.28. The van der Waals surface area contributed by atoms with Crippen LogP contribution in [-0.2, 0) is 11.3 Å². The van der Waals surface area contributed by atoms with Crippen LogP contribution < -0.4 is 5.69 Å². The van der Waals surface area contributed by atoms with Crippen molar-refractivity contribution in [2.45, 2.75) is 56.3 Å². The molecule has 3 heterocycles. The Hall–Kier alpha value is -4.42. The zero-order valence-electron chi connectivity index (χ0n) is 24.8. The first-order valence-corrected chi connectivity index (χ1v) is 15.1. The summed E-state index contributed by atoms with van der Waals surface area (Å²) >= 11 is 0. The van der Waals surface area contributed by atoms with E-state index in [-0.39, 0.29) is 49.6 Å². The summed E-state index contributed by atoms with van der Waals surface area (Å²) in [7, 11) is 1.58. The smallest absolute Gasteiger partial charge is 0.407 e. The summed E-state index contributed by atoms with van der Waals surface area (Å²) in [6.45, 7) is 0.950. The molecule has 1 saturated heterocycles. The molecule has 2 aromatic heterocycles. The zero-order valence-corrected chi connectivity index (χ0v) is 24.8. The number of carbonyl (C=O) groups excluding carboxylic acids is 1. The first kappa shape index (κ1) is 29.6. The first-order chi connectivity index (χ1) is 21.3. The third-order valence-corrected chi connectivity index (χ3v) is 9.11. The maximum atomic E-state index is 14.4. The molecule has 2 fully saturated rings. The van der Waals surface area contributed by atoms with E-state index < -0.39 is 17.7 Å². The fourth-order valence-electron chi connectivity index (χ4n) is 6.94. The van der Waals surface area contributed by atoms with Crippen LogP contribution in [0, 0.1) is 0 Å². The molecule has 2 aromatic carbocycles. The lowest BCUT2D eigenvalue weighted by Crippen LogP contribution is -2.56. The van der Waals surface area contributed by atoms with Crippen LogP contribution in [0.25, 0.3) is 22.3 Å². The minimum Gasteiger partial charge on any atom is -0.465 e. The number of H-pyrrole nitrogens is 1. The second kappa shape index (κ2) is 12.3.